The monoisotopic (exact) mass is 370 g/mol. The highest BCUT2D eigenvalue weighted by atomic mass is 16.1. The third-order valence-corrected chi connectivity index (χ3v) is 5.79. The SMILES string of the molecule is CC=C1C2C=C(C)CC1(N=CC=Cc1cccc(C)c1)c1ccc(=O)[nH]c1C2. The third kappa shape index (κ3) is 3.22. The van der Waals surface area contributed by atoms with Gasteiger partial charge in [-0.3, -0.25) is 9.79 Å². The van der Waals surface area contributed by atoms with Crippen molar-refractivity contribution in [2.75, 3.05) is 0 Å². The molecule has 2 bridgehead atoms. The summed E-state index contributed by atoms with van der Waals surface area (Å²) in [4.78, 5) is 20.1. The van der Waals surface area contributed by atoms with Crippen molar-refractivity contribution in [1.82, 2.24) is 4.98 Å². The summed E-state index contributed by atoms with van der Waals surface area (Å²) < 4.78 is 0. The molecule has 2 aromatic rings. The maximum Gasteiger partial charge on any atom is 0.248 e. The Morgan fingerprint density at radius 2 is 2.07 bits per heavy atom. The quantitative estimate of drug-likeness (QED) is 0.591. The van der Waals surface area contributed by atoms with Gasteiger partial charge in [-0.25, -0.2) is 0 Å². The molecule has 2 atom stereocenters. The molecule has 1 heterocycles. The predicted octanol–water partition coefficient (Wildman–Crippen LogP) is 5.13. The van der Waals surface area contributed by atoms with Gasteiger partial charge in [-0.15, -0.1) is 0 Å². The average molecular weight is 370 g/mol. The smallest absolute Gasteiger partial charge is 0.248 e. The molecule has 1 aromatic heterocycles. The Labute approximate surface area is 166 Å². The van der Waals surface area contributed by atoms with Crippen molar-refractivity contribution in [3.05, 3.63) is 98.5 Å². The van der Waals surface area contributed by atoms with Gasteiger partial charge in [0.25, 0.3) is 0 Å². The molecule has 3 heteroatoms. The molecule has 28 heavy (non-hydrogen) atoms. The summed E-state index contributed by atoms with van der Waals surface area (Å²) in [5, 5.41) is 0. The molecule has 3 nitrogen and oxygen atoms in total. The minimum Gasteiger partial charge on any atom is -0.326 e. The number of nitrogens with zero attached hydrogens (tertiary/aromatic N) is 1. The largest absolute Gasteiger partial charge is 0.326 e. The van der Waals surface area contributed by atoms with E-state index in [1.807, 2.05) is 18.4 Å². The Hall–Kier alpha value is -2.94. The zero-order chi connectivity index (χ0) is 19.7. The number of aromatic nitrogens is 1. The summed E-state index contributed by atoms with van der Waals surface area (Å²) in [5.41, 5.74) is 6.78. The second-order valence-corrected chi connectivity index (χ2v) is 7.87. The highest BCUT2D eigenvalue weighted by molar-refractivity contribution is 5.79. The normalized spacial score (nSPS) is 25.3. The second-order valence-electron chi connectivity index (χ2n) is 7.87. The van der Waals surface area contributed by atoms with E-state index >= 15 is 0 Å². The first-order valence-electron chi connectivity index (χ1n) is 9.87. The van der Waals surface area contributed by atoms with Crippen LogP contribution >= 0.6 is 0 Å². The average Bonchev–Trinajstić information content (AvgIpc) is 2.64. The van der Waals surface area contributed by atoms with Crippen LogP contribution in [0.1, 0.15) is 42.7 Å². The number of nitrogens with one attached hydrogen (secondary N) is 1. The first-order chi connectivity index (χ1) is 13.5. The number of rotatable bonds is 3. The topological polar surface area (TPSA) is 45.2 Å². The number of allylic oxidation sites excluding steroid dienone is 3. The number of aryl methyl sites for hydroxylation is 1. The number of aromatic amines is 1. The molecule has 2 aliphatic carbocycles. The van der Waals surface area contributed by atoms with Crippen LogP contribution in [0.2, 0.25) is 0 Å². The summed E-state index contributed by atoms with van der Waals surface area (Å²) in [6, 6.07) is 12.0. The van der Waals surface area contributed by atoms with Crippen LogP contribution in [0.15, 0.2) is 75.6 Å². The fourth-order valence-electron chi connectivity index (χ4n) is 4.75. The van der Waals surface area contributed by atoms with Crippen molar-refractivity contribution in [1.29, 1.82) is 0 Å². The highest BCUT2D eigenvalue weighted by Gasteiger charge is 2.46. The van der Waals surface area contributed by atoms with E-state index in [4.69, 9.17) is 4.99 Å². The van der Waals surface area contributed by atoms with Crippen LogP contribution in [0.3, 0.4) is 0 Å². The number of pyridine rings is 1. The highest BCUT2D eigenvalue weighted by Crippen LogP contribution is 2.51. The number of aliphatic imine (C=N–C) groups is 1. The van der Waals surface area contributed by atoms with Gasteiger partial charge in [0, 0.05) is 35.9 Å². The van der Waals surface area contributed by atoms with Crippen LogP contribution in [0.4, 0.5) is 0 Å². The molecule has 0 amide bonds. The number of hydrogen-bond donors (Lipinski definition) is 1. The van der Waals surface area contributed by atoms with Gasteiger partial charge >= 0.3 is 0 Å². The summed E-state index contributed by atoms with van der Waals surface area (Å²) in [6.45, 7) is 6.38. The summed E-state index contributed by atoms with van der Waals surface area (Å²) in [6.07, 6.45) is 12.2. The lowest BCUT2D eigenvalue weighted by Gasteiger charge is -2.45. The van der Waals surface area contributed by atoms with E-state index in [0.29, 0.717) is 5.92 Å². The minimum atomic E-state index is -0.424. The Morgan fingerprint density at radius 1 is 1.21 bits per heavy atom. The lowest BCUT2D eigenvalue weighted by Crippen LogP contribution is -2.40. The first-order valence-corrected chi connectivity index (χ1v) is 9.87. The van der Waals surface area contributed by atoms with Crippen molar-refractivity contribution >= 4 is 12.3 Å². The van der Waals surface area contributed by atoms with E-state index in [1.165, 1.54) is 22.3 Å². The van der Waals surface area contributed by atoms with Crippen LogP contribution in [0.25, 0.3) is 6.08 Å². The van der Waals surface area contributed by atoms with E-state index in [2.05, 4.69) is 68.2 Å². The minimum absolute atomic E-state index is 0.0417. The molecule has 0 radical (unpaired) electrons. The molecule has 0 spiro atoms. The van der Waals surface area contributed by atoms with Crippen LogP contribution in [0.5, 0.6) is 0 Å². The third-order valence-electron chi connectivity index (χ3n) is 5.79. The molecule has 1 N–H and O–H groups in total. The van der Waals surface area contributed by atoms with Crippen molar-refractivity contribution < 1.29 is 0 Å². The summed E-state index contributed by atoms with van der Waals surface area (Å²) in [5.74, 6) is 0.294. The molecule has 0 saturated carbocycles. The number of fused-ring (bicyclic) bond motifs is 4. The lowest BCUT2D eigenvalue weighted by molar-refractivity contribution is 0.413. The zero-order valence-corrected chi connectivity index (χ0v) is 16.7. The first kappa shape index (κ1) is 18.4. The van der Waals surface area contributed by atoms with E-state index < -0.39 is 5.54 Å². The fraction of sp³-hybridized carbons (Fsp3) is 0.280. The van der Waals surface area contributed by atoms with Crippen molar-refractivity contribution in [3.8, 4) is 0 Å². The van der Waals surface area contributed by atoms with E-state index in [0.717, 1.165) is 24.1 Å². The van der Waals surface area contributed by atoms with E-state index in [-0.39, 0.29) is 5.56 Å². The molecular weight excluding hydrogens is 344 g/mol. The summed E-state index contributed by atoms with van der Waals surface area (Å²) >= 11 is 0. The Balaban J connectivity index is 1.77. The number of hydrogen-bond acceptors (Lipinski definition) is 2. The Kier molecular flexibility index (Phi) is 4.76. The molecular formula is C25H26N2O. The predicted molar refractivity (Wildman–Crippen MR) is 117 cm³/mol. The summed E-state index contributed by atoms with van der Waals surface area (Å²) in [7, 11) is 0. The molecule has 4 rings (SSSR count). The van der Waals surface area contributed by atoms with Gasteiger partial charge in [-0.2, -0.15) is 0 Å². The van der Waals surface area contributed by atoms with Gasteiger partial charge in [-0.1, -0.05) is 53.6 Å². The standard InChI is InChI=1S/C25H26N2O/c1-4-21-20-14-18(3)16-25(21,22-10-11-24(28)27-23(22)15-20)26-12-6-9-19-8-5-7-17(2)13-19/h4-14,20H,15-16H2,1-3H3,(H,27,28). The van der Waals surface area contributed by atoms with Gasteiger partial charge in [0.15, 0.2) is 0 Å². The van der Waals surface area contributed by atoms with Crippen molar-refractivity contribution in [3.63, 3.8) is 0 Å². The van der Waals surface area contributed by atoms with E-state index in [1.54, 1.807) is 6.07 Å². The zero-order valence-electron chi connectivity index (χ0n) is 16.7. The van der Waals surface area contributed by atoms with E-state index in [9.17, 15) is 4.79 Å². The van der Waals surface area contributed by atoms with Crippen molar-refractivity contribution in [2.45, 2.75) is 39.2 Å². The number of benzene rings is 1. The van der Waals surface area contributed by atoms with Crippen LogP contribution in [0, 0.1) is 12.8 Å². The Morgan fingerprint density at radius 3 is 2.86 bits per heavy atom. The van der Waals surface area contributed by atoms with Gasteiger partial charge in [0.05, 0.1) is 0 Å². The van der Waals surface area contributed by atoms with Gasteiger partial charge < -0.3 is 4.98 Å². The van der Waals surface area contributed by atoms with Gasteiger partial charge in [-0.05, 0) is 50.5 Å². The second kappa shape index (κ2) is 7.23. The van der Waals surface area contributed by atoms with Crippen LogP contribution in [-0.2, 0) is 12.0 Å². The molecule has 2 unspecified atom stereocenters. The van der Waals surface area contributed by atoms with Gasteiger partial charge in [0.2, 0.25) is 5.56 Å². The lowest BCUT2D eigenvalue weighted by atomic mass is 9.63. The molecule has 2 aliphatic rings. The maximum atomic E-state index is 11.9. The number of H-pyrrole nitrogens is 1. The Bertz CT molecular complexity index is 1080. The molecule has 0 saturated heterocycles. The van der Waals surface area contributed by atoms with Crippen LogP contribution < -0.4 is 5.56 Å². The molecule has 0 aliphatic heterocycles. The molecule has 142 valence electrons. The fourth-order valence-corrected chi connectivity index (χ4v) is 4.75. The maximum absolute atomic E-state index is 11.9. The molecule has 1 aromatic carbocycles. The van der Waals surface area contributed by atoms with Gasteiger partial charge in [0.1, 0.15) is 5.54 Å². The van der Waals surface area contributed by atoms with Crippen LogP contribution in [-0.4, -0.2) is 11.2 Å². The molecule has 0 fully saturated rings. The van der Waals surface area contributed by atoms with Crippen molar-refractivity contribution in [2.24, 2.45) is 10.9 Å².